The summed E-state index contributed by atoms with van der Waals surface area (Å²) in [5, 5.41) is 24.0. The molecule has 3 atom stereocenters. The van der Waals surface area contributed by atoms with Crippen molar-refractivity contribution in [1.82, 2.24) is 15.4 Å². The van der Waals surface area contributed by atoms with Crippen LogP contribution >= 0.6 is 22.6 Å². The highest BCUT2D eigenvalue weighted by Crippen LogP contribution is 2.24. The van der Waals surface area contributed by atoms with E-state index in [1.807, 2.05) is 22.6 Å². The maximum Gasteiger partial charge on any atom is 0.328 e. The second-order valence-electron chi connectivity index (χ2n) is 10.3. The molecule has 0 aliphatic heterocycles. The van der Waals surface area contributed by atoms with Crippen LogP contribution in [-0.4, -0.2) is 83.4 Å². The molecule has 0 fully saturated rings. The van der Waals surface area contributed by atoms with Crippen molar-refractivity contribution < 1.29 is 52.8 Å². The van der Waals surface area contributed by atoms with E-state index in [4.69, 9.17) is 24.2 Å². The lowest BCUT2D eigenvalue weighted by molar-refractivity contribution is -0.183. The average molecular weight is 779 g/mol. The van der Waals surface area contributed by atoms with Crippen LogP contribution in [0.5, 0.6) is 0 Å². The normalized spacial score (nSPS) is 12.9. The molecule has 15 nitrogen and oxygen atoms in total. The van der Waals surface area contributed by atoms with Crippen LogP contribution in [0.4, 0.5) is 15.9 Å². The van der Waals surface area contributed by atoms with Gasteiger partial charge in [-0.3, -0.25) is 28.6 Å². The number of halogens is 2. The molecule has 47 heavy (non-hydrogen) atoms. The lowest BCUT2D eigenvalue weighted by Gasteiger charge is -2.18. The Morgan fingerprint density at radius 3 is 2.49 bits per heavy atom. The number of pyridine rings is 1. The van der Waals surface area contributed by atoms with Gasteiger partial charge in [0.05, 0.1) is 24.0 Å². The number of nitrogens with zero attached hydrogens (tertiary/aromatic N) is 1. The number of anilines is 2. The molecule has 0 spiro atoms. The fourth-order valence-corrected chi connectivity index (χ4v) is 4.40. The number of aryl methyl sites for hydroxylation is 1. The molecule has 260 valence electrons. The predicted octanol–water partition coefficient (Wildman–Crippen LogP) is 1.71. The van der Waals surface area contributed by atoms with Crippen molar-refractivity contribution in [3.05, 3.63) is 55.1 Å². The number of nitrogens with one attached hydrogen (secondary N) is 3. The van der Waals surface area contributed by atoms with E-state index in [1.165, 1.54) is 43.7 Å². The third-order valence-electron chi connectivity index (χ3n) is 6.53. The second kappa shape index (κ2) is 19.9. The molecular formula is C30H40FIN4O11. The summed E-state index contributed by atoms with van der Waals surface area (Å²) in [5.74, 6) is -3.23. The topological polar surface area (TPSA) is 204 Å². The molecule has 17 heteroatoms. The average Bonchev–Trinajstić information content (AvgIpc) is 3.03. The van der Waals surface area contributed by atoms with Gasteiger partial charge in [-0.15, -0.1) is 0 Å². The van der Waals surface area contributed by atoms with Crippen LogP contribution in [0.15, 0.2) is 29.1 Å². The Morgan fingerprint density at radius 1 is 1.11 bits per heavy atom. The monoisotopic (exact) mass is 778 g/mol. The Bertz CT molecular complexity index is 1450. The van der Waals surface area contributed by atoms with Crippen molar-refractivity contribution in [1.29, 1.82) is 0 Å². The number of carbonyl (C=O) groups is 4. The van der Waals surface area contributed by atoms with Gasteiger partial charge in [0.1, 0.15) is 37.5 Å². The summed E-state index contributed by atoms with van der Waals surface area (Å²) >= 11 is 1.95. The summed E-state index contributed by atoms with van der Waals surface area (Å²) in [5.41, 5.74) is 2.12. The summed E-state index contributed by atoms with van der Waals surface area (Å²) in [7, 11) is 1.43. The second-order valence-corrected chi connectivity index (χ2v) is 11.5. The number of esters is 2. The van der Waals surface area contributed by atoms with Crippen LogP contribution in [0.1, 0.15) is 55.5 Å². The fourth-order valence-electron chi connectivity index (χ4n) is 3.95. The molecular weight excluding hydrogens is 738 g/mol. The number of rotatable bonds is 19. The van der Waals surface area contributed by atoms with Gasteiger partial charge in [0.2, 0.25) is 5.91 Å². The molecule has 5 N–H and O–H groups in total. The number of aliphatic hydroxyl groups is 2. The van der Waals surface area contributed by atoms with Crippen LogP contribution in [-0.2, 0) is 40.5 Å². The van der Waals surface area contributed by atoms with Gasteiger partial charge in [-0.05, 0) is 73.5 Å². The van der Waals surface area contributed by atoms with Gasteiger partial charge < -0.3 is 35.1 Å². The molecule has 0 bridgehead atoms. The predicted molar refractivity (Wildman–Crippen MR) is 174 cm³/mol. The molecule has 0 saturated carbocycles. The molecule has 0 saturated heterocycles. The molecule has 1 heterocycles. The Kier molecular flexibility index (Phi) is 16.7. The molecule has 1 aromatic heterocycles. The molecule has 2 unspecified atom stereocenters. The summed E-state index contributed by atoms with van der Waals surface area (Å²) in [6, 6.07) is 4.74. The van der Waals surface area contributed by atoms with Crippen molar-refractivity contribution in [2.24, 2.45) is 7.05 Å². The summed E-state index contributed by atoms with van der Waals surface area (Å²) < 4.78 is 31.3. The van der Waals surface area contributed by atoms with Crippen LogP contribution in [0, 0.1) is 16.3 Å². The number of benzene rings is 1. The highest BCUT2D eigenvalue weighted by atomic mass is 127. The number of hydrogen-bond donors (Lipinski definition) is 5. The molecule has 0 aliphatic carbocycles. The Hall–Kier alpha value is -3.65. The van der Waals surface area contributed by atoms with Crippen molar-refractivity contribution in [3.8, 4) is 0 Å². The maximum absolute atomic E-state index is 14.5. The summed E-state index contributed by atoms with van der Waals surface area (Å²) in [4.78, 5) is 66.7. The van der Waals surface area contributed by atoms with E-state index in [-0.39, 0.29) is 61.7 Å². The van der Waals surface area contributed by atoms with E-state index in [1.54, 1.807) is 13.0 Å². The van der Waals surface area contributed by atoms with E-state index < -0.39 is 60.2 Å². The smallest absolute Gasteiger partial charge is 0.328 e. The first kappa shape index (κ1) is 39.5. The van der Waals surface area contributed by atoms with Gasteiger partial charge in [-0.1, -0.05) is 6.92 Å². The SMILES string of the molecule is CCC(CO)OC(O)COC(=O)CCCC(=O)N[C@@H](C)C(=O)OCCONC(=O)c1cc(C)c(=O)n(C)c1Nc1ccc(I)cc1F. The van der Waals surface area contributed by atoms with Crippen molar-refractivity contribution in [3.63, 3.8) is 0 Å². The molecule has 0 aliphatic rings. The Labute approximate surface area is 284 Å². The van der Waals surface area contributed by atoms with Crippen LogP contribution < -0.4 is 21.7 Å². The van der Waals surface area contributed by atoms with Crippen molar-refractivity contribution >= 4 is 57.8 Å². The Morgan fingerprint density at radius 2 is 1.83 bits per heavy atom. The first-order valence-corrected chi connectivity index (χ1v) is 15.8. The highest BCUT2D eigenvalue weighted by Gasteiger charge is 2.20. The van der Waals surface area contributed by atoms with Gasteiger partial charge in [0.15, 0.2) is 6.29 Å². The molecule has 0 radical (unpaired) electrons. The zero-order valence-electron chi connectivity index (χ0n) is 26.5. The first-order chi connectivity index (χ1) is 22.3. The first-order valence-electron chi connectivity index (χ1n) is 14.7. The molecule has 1 aromatic carbocycles. The van der Waals surface area contributed by atoms with Crippen molar-refractivity contribution in [2.75, 3.05) is 31.7 Å². The number of ether oxygens (including phenoxy) is 3. The zero-order valence-corrected chi connectivity index (χ0v) is 28.6. The minimum Gasteiger partial charge on any atom is -0.462 e. The zero-order chi connectivity index (χ0) is 35.1. The van der Waals surface area contributed by atoms with Gasteiger partial charge in [-0.25, -0.2) is 14.7 Å². The van der Waals surface area contributed by atoms with Crippen LogP contribution in [0.3, 0.4) is 0 Å². The van der Waals surface area contributed by atoms with Gasteiger partial charge in [0.25, 0.3) is 11.5 Å². The summed E-state index contributed by atoms with van der Waals surface area (Å²) in [6.07, 6.45) is -1.57. The fraction of sp³-hybridized carbons (Fsp3) is 0.500. The number of aromatic nitrogens is 1. The maximum atomic E-state index is 14.5. The number of amides is 2. The van der Waals surface area contributed by atoms with E-state index in [0.29, 0.717) is 9.99 Å². The minimum absolute atomic E-state index is 0.00101. The van der Waals surface area contributed by atoms with E-state index in [2.05, 4.69) is 16.1 Å². The third kappa shape index (κ3) is 13.2. The summed E-state index contributed by atoms with van der Waals surface area (Å²) in [6.45, 7) is 3.46. The largest absolute Gasteiger partial charge is 0.462 e. The minimum atomic E-state index is -1.39. The number of aliphatic hydroxyl groups excluding tert-OH is 2. The number of hydroxylamine groups is 1. The number of carbonyl (C=O) groups excluding carboxylic acids is 4. The lowest BCUT2D eigenvalue weighted by Crippen LogP contribution is -2.40. The van der Waals surface area contributed by atoms with E-state index in [0.717, 1.165) is 0 Å². The quantitative estimate of drug-likeness (QED) is 0.0455. The lowest BCUT2D eigenvalue weighted by atomic mass is 10.1. The standard InChI is InChI=1S/C30H40FIN4O11/c1-5-20(15-37)47-26(40)16-45-25(39)8-6-7-24(38)33-18(3)30(43)44-11-12-46-35-28(41)21-13-17(2)29(42)36(4)27(21)34-23-10-9-19(32)14-22(23)31/h9-10,13-14,18,20,26,34,37,40H,5-8,11-12,15-16H2,1-4H3,(H,33,38)(H,35,41)/t18-,20?,26?/m0/s1. The van der Waals surface area contributed by atoms with Crippen LogP contribution in [0.2, 0.25) is 0 Å². The van der Waals surface area contributed by atoms with Gasteiger partial charge in [-0.2, -0.15) is 0 Å². The highest BCUT2D eigenvalue weighted by molar-refractivity contribution is 14.1. The Balaban J connectivity index is 1.74. The van der Waals surface area contributed by atoms with Gasteiger partial charge in [0, 0.05) is 29.0 Å². The van der Waals surface area contributed by atoms with E-state index >= 15 is 0 Å². The van der Waals surface area contributed by atoms with Gasteiger partial charge >= 0.3 is 11.9 Å². The van der Waals surface area contributed by atoms with Crippen molar-refractivity contribution in [2.45, 2.75) is 64.9 Å². The molecule has 2 amide bonds. The number of hydrogen-bond acceptors (Lipinski definition) is 12. The molecule has 2 rings (SSSR count). The van der Waals surface area contributed by atoms with E-state index in [9.17, 15) is 33.5 Å². The third-order valence-corrected chi connectivity index (χ3v) is 7.20. The van der Waals surface area contributed by atoms with Crippen LogP contribution in [0.25, 0.3) is 0 Å². The molecule has 2 aromatic rings.